The van der Waals surface area contributed by atoms with Crippen LogP contribution in [0.5, 0.6) is 0 Å². The van der Waals surface area contributed by atoms with E-state index in [0.29, 0.717) is 16.0 Å². The minimum Gasteiger partial charge on any atom is -0.360 e. The first-order valence-corrected chi connectivity index (χ1v) is 11.4. The van der Waals surface area contributed by atoms with Crippen LogP contribution in [0.2, 0.25) is 5.02 Å². The van der Waals surface area contributed by atoms with Crippen molar-refractivity contribution in [1.29, 1.82) is 0 Å². The number of halogens is 2. The summed E-state index contributed by atoms with van der Waals surface area (Å²) in [5.41, 5.74) is 2.82. The zero-order valence-corrected chi connectivity index (χ0v) is 18.7. The van der Waals surface area contributed by atoms with Gasteiger partial charge < -0.3 is 10.3 Å². The van der Waals surface area contributed by atoms with E-state index >= 15 is 0 Å². The van der Waals surface area contributed by atoms with Gasteiger partial charge in [-0.1, -0.05) is 53.7 Å². The first-order chi connectivity index (χ1) is 16.1. The number of nitrogens with zero attached hydrogens (tertiary/aromatic N) is 3. The summed E-state index contributed by atoms with van der Waals surface area (Å²) in [6.07, 6.45) is 1.89. The molecule has 2 aromatic heterocycles. The van der Waals surface area contributed by atoms with Gasteiger partial charge in [0.2, 0.25) is 5.91 Å². The van der Waals surface area contributed by atoms with Crippen LogP contribution in [0.15, 0.2) is 84.1 Å². The van der Waals surface area contributed by atoms with E-state index in [4.69, 9.17) is 11.6 Å². The van der Waals surface area contributed by atoms with Crippen molar-refractivity contribution in [2.24, 2.45) is 0 Å². The largest absolute Gasteiger partial charge is 0.360 e. The molecule has 164 valence electrons. The molecule has 5 aromatic rings. The van der Waals surface area contributed by atoms with Crippen LogP contribution >= 0.6 is 23.4 Å². The maximum Gasteiger partial charge on any atom is 0.234 e. The van der Waals surface area contributed by atoms with Crippen molar-refractivity contribution in [3.8, 4) is 17.1 Å². The highest BCUT2D eigenvalue weighted by Gasteiger charge is 2.20. The molecular weight excluding hydrogens is 461 g/mol. The smallest absolute Gasteiger partial charge is 0.234 e. The molecule has 0 aliphatic carbocycles. The monoisotopic (exact) mass is 477 g/mol. The number of para-hydroxylation sites is 2. The summed E-state index contributed by atoms with van der Waals surface area (Å²) in [6, 6.07) is 21.3. The summed E-state index contributed by atoms with van der Waals surface area (Å²) in [4.78, 5) is 15.7. The minimum atomic E-state index is -0.484. The third-order valence-electron chi connectivity index (χ3n) is 5.03. The van der Waals surface area contributed by atoms with Crippen LogP contribution in [-0.4, -0.2) is 31.4 Å². The fourth-order valence-electron chi connectivity index (χ4n) is 3.50. The second-order valence-corrected chi connectivity index (χ2v) is 8.56. The quantitative estimate of drug-likeness (QED) is 0.297. The van der Waals surface area contributed by atoms with E-state index in [0.717, 1.165) is 22.2 Å². The lowest BCUT2D eigenvalue weighted by Crippen LogP contribution is -2.15. The molecule has 9 heteroatoms. The molecule has 0 bridgehead atoms. The Kier molecular flexibility index (Phi) is 5.85. The Labute approximate surface area is 197 Å². The van der Waals surface area contributed by atoms with Crippen LogP contribution < -0.4 is 5.32 Å². The number of aromatic amines is 1. The van der Waals surface area contributed by atoms with E-state index in [1.54, 1.807) is 24.3 Å². The van der Waals surface area contributed by atoms with Gasteiger partial charge in [-0.05, 0) is 42.5 Å². The highest BCUT2D eigenvalue weighted by Crippen LogP contribution is 2.32. The Balaban J connectivity index is 1.48. The number of thioether (sulfide) groups is 1. The van der Waals surface area contributed by atoms with Gasteiger partial charge >= 0.3 is 0 Å². The second-order valence-electron chi connectivity index (χ2n) is 7.18. The number of rotatable bonds is 6. The Hall–Kier alpha value is -3.62. The lowest BCUT2D eigenvalue weighted by atomic mass is 10.1. The molecule has 2 N–H and O–H groups in total. The van der Waals surface area contributed by atoms with E-state index in [1.165, 1.54) is 23.9 Å². The number of anilines is 1. The third kappa shape index (κ3) is 4.35. The maximum atomic E-state index is 13.9. The van der Waals surface area contributed by atoms with Crippen LogP contribution in [0.4, 0.5) is 10.1 Å². The third-order valence-corrected chi connectivity index (χ3v) is 6.21. The zero-order valence-electron chi connectivity index (χ0n) is 17.1. The average molecular weight is 478 g/mol. The Bertz CT molecular complexity index is 1450. The van der Waals surface area contributed by atoms with Gasteiger partial charge in [0.1, 0.15) is 5.82 Å². The Morgan fingerprint density at radius 1 is 1.03 bits per heavy atom. The number of nitrogens with one attached hydrogen (secondary N) is 2. The molecule has 3 aromatic carbocycles. The molecule has 0 unspecified atom stereocenters. The van der Waals surface area contributed by atoms with Crippen LogP contribution in [0, 0.1) is 5.82 Å². The standard InChI is InChI=1S/C24H17ClFN5OS/c25-15-9-11-16(12-10-15)31-23(18-13-27-20-7-3-1-5-17(18)20)29-30-24(31)33-14-22(32)28-21-8-4-2-6-19(21)26/h1-13,27H,14H2,(H,28,32). The van der Waals surface area contributed by atoms with Crippen LogP contribution in [0.1, 0.15) is 0 Å². The summed E-state index contributed by atoms with van der Waals surface area (Å²) < 4.78 is 15.7. The molecule has 2 heterocycles. The van der Waals surface area contributed by atoms with Crippen molar-refractivity contribution in [3.05, 3.63) is 89.8 Å². The van der Waals surface area contributed by atoms with E-state index in [-0.39, 0.29) is 17.3 Å². The predicted molar refractivity (Wildman–Crippen MR) is 129 cm³/mol. The fraction of sp³-hybridized carbons (Fsp3) is 0.0417. The van der Waals surface area contributed by atoms with Crippen molar-refractivity contribution in [3.63, 3.8) is 0 Å². The second kappa shape index (κ2) is 9.09. The highest BCUT2D eigenvalue weighted by atomic mass is 35.5. The number of carbonyl (C=O) groups is 1. The number of H-pyrrole nitrogens is 1. The summed E-state index contributed by atoms with van der Waals surface area (Å²) in [6.45, 7) is 0. The van der Waals surface area contributed by atoms with E-state index in [1.807, 2.05) is 47.2 Å². The Morgan fingerprint density at radius 3 is 2.61 bits per heavy atom. The summed E-state index contributed by atoms with van der Waals surface area (Å²) in [5.74, 6) is -0.161. The lowest BCUT2D eigenvalue weighted by Gasteiger charge is -2.10. The normalized spacial score (nSPS) is 11.1. The molecule has 6 nitrogen and oxygen atoms in total. The van der Waals surface area contributed by atoms with Gasteiger partial charge in [-0.3, -0.25) is 9.36 Å². The predicted octanol–water partition coefficient (Wildman–Crippen LogP) is 5.94. The topological polar surface area (TPSA) is 75.6 Å². The number of amides is 1. The van der Waals surface area contributed by atoms with Crippen LogP contribution in [0.3, 0.4) is 0 Å². The number of carbonyl (C=O) groups excluding carboxylic acids is 1. The van der Waals surface area contributed by atoms with Crippen molar-refractivity contribution in [2.45, 2.75) is 5.16 Å². The number of benzene rings is 3. The zero-order chi connectivity index (χ0) is 22.8. The minimum absolute atomic E-state index is 0.0357. The fourth-order valence-corrected chi connectivity index (χ4v) is 4.37. The molecule has 0 saturated carbocycles. The molecule has 0 radical (unpaired) electrons. The summed E-state index contributed by atoms with van der Waals surface area (Å²) in [5, 5.41) is 13.5. The first kappa shape index (κ1) is 21.2. The van der Waals surface area contributed by atoms with Gasteiger partial charge in [0.15, 0.2) is 11.0 Å². The lowest BCUT2D eigenvalue weighted by molar-refractivity contribution is -0.113. The maximum absolute atomic E-state index is 13.9. The number of fused-ring (bicyclic) bond motifs is 1. The van der Waals surface area contributed by atoms with Crippen molar-refractivity contribution >= 4 is 45.9 Å². The van der Waals surface area contributed by atoms with E-state index in [9.17, 15) is 9.18 Å². The molecule has 5 rings (SSSR count). The van der Waals surface area contributed by atoms with Crippen LogP contribution in [-0.2, 0) is 4.79 Å². The summed E-state index contributed by atoms with van der Waals surface area (Å²) in [7, 11) is 0. The molecule has 33 heavy (non-hydrogen) atoms. The number of aromatic nitrogens is 4. The van der Waals surface area contributed by atoms with Crippen molar-refractivity contribution in [2.75, 3.05) is 11.1 Å². The number of hydrogen-bond donors (Lipinski definition) is 2. The molecule has 1 amide bonds. The highest BCUT2D eigenvalue weighted by molar-refractivity contribution is 7.99. The average Bonchev–Trinajstić information content (AvgIpc) is 3.44. The van der Waals surface area contributed by atoms with Gasteiger partial charge in [0.25, 0.3) is 0 Å². The van der Waals surface area contributed by atoms with Gasteiger partial charge in [0.05, 0.1) is 11.4 Å². The van der Waals surface area contributed by atoms with Crippen LogP contribution in [0.25, 0.3) is 28.0 Å². The molecule has 0 aliphatic heterocycles. The van der Waals surface area contributed by atoms with Gasteiger partial charge in [-0.25, -0.2) is 4.39 Å². The molecule has 0 fully saturated rings. The van der Waals surface area contributed by atoms with Crippen molar-refractivity contribution in [1.82, 2.24) is 19.7 Å². The molecule has 0 atom stereocenters. The molecule has 0 aliphatic rings. The SMILES string of the molecule is O=C(CSc1nnc(-c2c[nH]c3ccccc23)n1-c1ccc(Cl)cc1)Nc1ccccc1F. The molecule has 0 spiro atoms. The summed E-state index contributed by atoms with van der Waals surface area (Å²) >= 11 is 7.30. The van der Waals surface area contributed by atoms with Gasteiger partial charge in [-0.15, -0.1) is 10.2 Å². The Morgan fingerprint density at radius 2 is 1.79 bits per heavy atom. The number of hydrogen-bond acceptors (Lipinski definition) is 4. The van der Waals surface area contributed by atoms with E-state index in [2.05, 4.69) is 20.5 Å². The molecular formula is C24H17ClFN5OS. The van der Waals surface area contributed by atoms with E-state index < -0.39 is 5.82 Å². The van der Waals surface area contributed by atoms with Gasteiger partial charge in [0, 0.05) is 33.4 Å². The first-order valence-electron chi connectivity index (χ1n) is 10.0. The molecule has 0 saturated heterocycles. The van der Waals surface area contributed by atoms with Gasteiger partial charge in [-0.2, -0.15) is 0 Å². The van der Waals surface area contributed by atoms with Crippen molar-refractivity contribution < 1.29 is 9.18 Å².